The molecule has 0 aliphatic carbocycles. The zero-order valence-electron chi connectivity index (χ0n) is 10.4. The summed E-state index contributed by atoms with van der Waals surface area (Å²) in [7, 11) is 0. The lowest BCUT2D eigenvalue weighted by Crippen LogP contribution is -2.40. The molecule has 1 unspecified atom stereocenters. The van der Waals surface area contributed by atoms with Crippen LogP contribution in [-0.2, 0) is 9.53 Å². The van der Waals surface area contributed by atoms with Crippen molar-refractivity contribution in [2.45, 2.75) is 6.23 Å². The number of amides is 1. The molecular formula is C13H12N4O3. The zero-order valence-corrected chi connectivity index (χ0v) is 10.4. The van der Waals surface area contributed by atoms with Crippen LogP contribution in [0.5, 0.6) is 0 Å². The monoisotopic (exact) mass is 272 g/mol. The molecule has 1 aromatic heterocycles. The summed E-state index contributed by atoms with van der Waals surface area (Å²) in [5, 5.41) is 0. The first kappa shape index (κ1) is 13.6. The van der Waals surface area contributed by atoms with Crippen LogP contribution in [0, 0.1) is 0 Å². The van der Waals surface area contributed by atoms with Crippen molar-refractivity contribution < 1.29 is 14.3 Å². The van der Waals surface area contributed by atoms with E-state index in [2.05, 4.69) is 14.7 Å². The normalized spacial score (nSPS) is 11.7. The highest BCUT2D eigenvalue weighted by molar-refractivity contribution is 5.90. The van der Waals surface area contributed by atoms with Gasteiger partial charge in [-0.25, -0.2) is 9.78 Å². The lowest BCUT2D eigenvalue weighted by atomic mass is 10.2. The van der Waals surface area contributed by atoms with Crippen molar-refractivity contribution in [1.29, 1.82) is 0 Å². The number of nitrogens with two attached hydrogens (primary N) is 2. The molecule has 0 aliphatic heterocycles. The molecule has 102 valence electrons. The fourth-order valence-corrected chi connectivity index (χ4v) is 1.45. The average Bonchev–Trinajstić information content (AvgIpc) is 2.48. The Morgan fingerprint density at radius 3 is 2.50 bits per heavy atom. The van der Waals surface area contributed by atoms with Crippen LogP contribution in [0.4, 0.5) is 0 Å². The molecule has 2 aromatic rings. The Kier molecular flexibility index (Phi) is 4.02. The summed E-state index contributed by atoms with van der Waals surface area (Å²) in [6.07, 6.45) is 1.23. The van der Waals surface area contributed by atoms with Crippen LogP contribution in [0.3, 0.4) is 0 Å². The third-order valence-electron chi connectivity index (χ3n) is 2.43. The quantitative estimate of drug-likeness (QED) is 0.600. The summed E-state index contributed by atoms with van der Waals surface area (Å²) < 4.78 is 4.65. The minimum absolute atomic E-state index is 0.0527. The van der Waals surface area contributed by atoms with Crippen molar-refractivity contribution in [2.24, 2.45) is 11.5 Å². The molecule has 1 heterocycles. The van der Waals surface area contributed by atoms with Gasteiger partial charge in [-0.15, -0.1) is 0 Å². The van der Waals surface area contributed by atoms with E-state index in [0.717, 1.165) is 5.56 Å². The molecule has 2 rings (SSSR count). The van der Waals surface area contributed by atoms with Gasteiger partial charge >= 0.3 is 5.97 Å². The number of esters is 1. The number of ether oxygens (including phenoxy) is 1. The van der Waals surface area contributed by atoms with Gasteiger partial charge in [-0.3, -0.25) is 15.5 Å². The highest BCUT2D eigenvalue weighted by Crippen LogP contribution is 2.15. The molecule has 0 saturated carbocycles. The van der Waals surface area contributed by atoms with Gasteiger partial charge in [0.15, 0.2) is 5.69 Å². The van der Waals surface area contributed by atoms with Gasteiger partial charge in [-0.05, 0) is 0 Å². The maximum absolute atomic E-state index is 11.7. The fourth-order valence-electron chi connectivity index (χ4n) is 1.45. The molecule has 7 nitrogen and oxygen atoms in total. The molecule has 20 heavy (non-hydrogen) atoms. The van der Waals surface area contributed by atoms with Crippen molar-refractivity contribution in [3.05, 3.63) is 48.4 Å². The Hall–Kier alpha value is -2.80. The predicted octanol–water partition coefficient (Wildman–Crippen LogP) is 0.0705. The minimum atomic E-state index is -1.51. The Balaban J connectivity index is 2.22. The number of hydrogen-bond donors (Lipinski definition) is 2. The van der Waals surface area contributed by atoms with E-state index in [4.69, 9.17) is 11.5 Å². The van der Waals surface area contributed by atoms with Gasteiger partial charge < -0.3 is 10.5 Å². The Morgan fingerprint density at radius 1 is 1.15 bits per heavy atom. The maximum Gasteiger partial charge on any atom is 0.360 e. The van der Waals surface area contributed by atoms with E-state index in [9.17, 15) is 9.59 Å². The third kappa shape index (κ3) is 3.15. The summed E-state index contributed by atoms with van der Waals surface area (Å²) in [4.78, 5) is 30.5. The van der Waals surface area contributed by atoms with Gasteiger partial charge in [-0.1, -0.05) is 30.3 Å². The minimum Gasteiger partial charge on any atom is -0.432 e. The van der Waals surface area contributed by atoms with Crippen LogP contribution in [0.15, 0.2) is 42.7 Å². The lowest BCUT2D eigenvalue weighted by Gasteiger charge is -2.09. The summed E-state index contributed by atoms with van der Waals surface area (Å²) in [5.41, 5.74) is 11.4. The van der Waals surface area contributed by atoms with Crippen molar-refractivity contribution in [1.82, 2.24) is 9.97 Å². The maximum atomic E-state index is 11.7. The number of carbonyl (C=O) groups excluding carboxylic acids is 2. The Bertz CT molecular complexity index is 631. The van der Waals surface area contributed by atoms with E-state index in [0.29, 0.717) is 5.69 Å². The number of nitrogens with zero attached hydrogens (tertiary/aromatic N) is 2. The molecular weight excluding hydrogens is 260 g/mol. The van der Waals surface area contributed by atoms with Gasteiger partial charge in [0.05, 0.1) is 18.1 Å². The SMILES string of the molecule is NC(=O)C(N)OC(=O)c1cncc(-c2ccccc2)n1. The second kappa shape index (κ2) is 5.89. The predicted molar refractivity (Wildman–Crippen MR) is 70.1 cm³/mol. The van der Waals surface area contributed by atoms with Gasteiger partial charge in [0, 0.05) is 5.56 Å². The molecule has 0 saturated heterocycles. The molecule has 1 amide bonds. The van der Waals surface area contributed by atoms with Gasteiger partial charge in [0.25, 0.3) is 5.91 Å². The van der Waals surface area contributed by atoms with Crippen LogP contribution in [0.25, 0.3) is 11.3 Å². The average molecular weight is 272 g/mol. The smallest absolute Gasteiger partial charge is 0.360 e. The van der Waals surface area contributed by atoms with E-state index in [1.165, 1.54) is 12.4 Å². The second-order valence-corrected chi connectivity index (χ2v) is 3.88. The van der Waals surface area contributed by atoms with Crippen LogP contribution in [0.2, 0.25) is 0 Å². The highest BCUT2D eigenvalue weighted by Gasteiger charge is 2.18. The van der Waals surface area contributed by atoms with E-state index >= 15 is 0 Å². The van der Waals surface area contributed by atoms with Gasteiger partial charge in [-0.2, -0.15) is 0 Å². The van der Waals surface area contributed by atoms with E-state index in [1.807, 2.05) is 30.3 Å². The van der Waals surface area contributed by atoms with E-state index in [-0.39, 0.29) is 5.69 Å². The van der Waals surface area contributed by atoms with Gasteiger partial charge in [0.2, 0.25) is 6.23 Å². The zero-order chi connectivity index (χ0) is 14.5. The number of carbonyl (C=O) groups is 2. The molecule has 1 aromatic carbocycles. The first-order chi connectivity index (χ1) is 9.58. The topological polar surface area (TPSA) is 121 Å². The molecule has 0 fully saturated rings. The van der Waals surface area contributed by atoms with Crippen LogP contribution in [0.1, 0.15) is 10.5 Å². The number of benzene rings is 1. The summed E-state index contributed by atoms with van der Waals surface area (Å²) >= 11 is 0. The third-order valence-corrected chi connectivity index (χ3v) is 2.43. The second-order valence-electron chi connectivity index (χ2n) is 3.88. The van der Waals surface area contributed by atoms with Crippen LogP contribution >= 0.6 is 0 Å². The summed E-state index contributed by atoms with van der Waals surface area (Å²) in [6.45, 7) is 0. The lowest BCUT2D eigenvalue weighted by molar-refractivity contribution is -0.126. The highest BCUT2D eigenvalue weighted by atomic mass is 16.6. The van der Waals surface area contributed by atoms with E-state index < -0.39 is 18.1 Å². The number of aromatic nitrogens is 2. The molecule has 7 heteroatoms. The number of hydrogen-bond acceptors (Lipinski definition) is 6. The summed E-state index contributed by atoms with van der Waals surface area (Å²) in [6, 6.07) is 9.19. The Morgan fingerprint density at radius 2 is 1.85 bits per heavy atom. The first-order valence-electron chi connectivity index (χ1n) is 5.71. The fraction of sp³-hybridized carbons (Fsp3) is 0.0769. The van der Waals surface area contributed by atoms with Crippen molar-refractivity contribution in [3.63, 3.8) is 0 Å². The molecule has 1 atom stereocenters. The van der Waals surface area contributed by atoms with Gasteiger partial charge in [0.1, 0.15) is 0 Å². The number of rotatable bonds is 4. The summed E-state index contributed by atoms with van der Waals surface area (Å²) in [5.74, 6) is -1.80. The van der Waals surface area contributed by atoms with E-state index in [1.54, 1.807) is 0 Å². The van der Waals surface area contributed by atoms with Crippen LogP contribution < -0.4 is 11.5 Å². The largest absolute Gasteiger partial charge is 0.432 e. The number of primary amides is 1. The van der Waals surface area contributed by atoms with Crippen molar-refractivity contribution in [3.8, 4) is 11.3 Å². The molecule has 0 bridgehead atoms. The Labute approximate surface area is 114 Å². The van der Waals surface area contributed by atoms with Crippen LogP contribution in [-0.4, -0.2) is 28.1 Å². The molecule has 4 N–H and O–H groups in total. The first-order valence-corrected chi connectivity index (χ1v) is 5.71. The van der Waals surface area contributed by atoms with Crippen molar-refractivity contribution in [2.75, 3.05) is 0 Å². The molecule has 0 aliphatic rings. The molecule has 0 spiro atoms. The van der Waals surface area contributed by atoms with Crippen molar-refractivity contribution >= 4 is 11.9 Å². The molecule has 0 radical (unpaired) electrons. The standard InChI is InChI=1S/C13H12N4O3/c14-11(18)12(15)20-13(19)10-7-16-6-9(17-10)8-4-2-1-3-5-8/h1-7,12H,15H2,(H2,14,18).